The number of nitrogens with two attached hydrogens (primary N) is 2. The highest BCUT2D eigenvalue weighted by atomic mass is 79.9. The molecule has 0 aliphatic heterocycles. The van der Waals surface area contributed by atoms with E-state index < -0.39 is 0 Å². The molecule has 1 atom stereocenters. The smallest absolute Gasteiger partial charge is 0.106 e. The zero-order chi connectivity index (χ0) is 10.4. The second-order valence-corrected chi connectivity index (χ2v) is 4.12. The van der Waals surface area contributed by atoms with Crippen LogP contribution in [0.25, 0.3) is 0 Å². The van der Waals surface area contributed by atoms with Crippen molar-refractivity contribution >= 4 is 15.9 Å². The minimum Gasteiger partial charge on any atom is -0.330 e. The minimum absolute atomic E-state index is 0.0980. The Bertz CT molecular complexity index is 278. The van der Waals surface area contributed by atoms with E-state index in [4.69, 9.17) is 11.5 Å². The van der Waals surface area contributed by atoms with E-state index in [1.165, 1.54) is 0 Å². The number of halogens is 1. The average molecular weight is 258 g/mol. The lowest BCUT2D eigenvalue weighted by atomic mass is 10.0. The molecule has 1 rings (SSSR count). The van der Waals surface area contributed by atoms with Crippen LogP contribution in [0.4, 0.5) is 0 Å². The second kappa shape index (κ2) is 6.11. The molecule has 0 aliphatic carbocycles. The zero-order valence-electron chi connectivity index (χ0n) is 8.12. The van der Waals surface area contributed by atoms with E-state index >= 15 is 0 Å². The van der Waals surface area contributed by atoms with E-state index in [-0.39, 0.29) is 6.04 Å². The molecule has 0 saturated carbocycles. The zero-order valence-corrected chi connectivity index (χ0v) is 9.70. The molecular formula is C10H16BrN3. The lowest BCUT2D eigenvalue weighted by molar-refractivity contribution is 0.590. The van der Waals surface area contributed by atoms with Crippen molar-refractivity contribution < 1.29 is 0 Å². The van der Waals surface area contributed by atoms with Gasteiger partial charge in [-0.15, -0.1) is 0 Å². The lowest BCUT2D eigenvalue weighted by Crippen LogP contribution is -2.11. The summed E-state index contributed by atoms with van der Waals surface area (Å²) in [6.07, 6.45) is 4.87. The predicted molar refractivity (Wildman–Crippen MR) is 61.8 cm³/mol. The van der Waals surface area contributed by atoms with Crippen LogP contribution in [0.5, 0.6) is 0 Å². The van der Waals surface area contributed by atoms with Crippen molar-refractivity contribution in [3.63, 3.8) is 0 Å². The molecule has 0 bridgehead atoms. The summed E-state index contributed by atoms with van der Waals surface area (Å²) in [6.45, 7) is 0.743. The third-order valence-electron chi connectivity index (χ3n) is 2.15. The Morgan fingerprint density at radius 2 is 2.21 bits per heavy atom. The second-order valence-electron chi connectivity index (χ2n) is 3.30. The van der Waals surface area contributed by atoms with Crippen LogP contribution >= 0.6 is 15.9 Å². The Labute approximate surface area is 93.0 Å². The summed E-state index contributed by atoms with van der Waals surface area (Å²) in [5.41, 5.74) is 12.6. The van der Waals surface area contributed by atoms with Gasteiger partial charge >= 0.3 is 0 Å². The molecule has 0 aromatic carbocycles. The number of aromatic nitrogens is 1. The Hall–Kier alpha value is -0.450. The molecule has 0 saturated heterocycles. The molecule has 14 heavy (non-hydrogen) atoms. The largest absolute Gasteiger partial charge is 0.330 e. The molecule has 3 nitrogen and oxygen atoms in total. The van der Waals surface area contributed by atoms with Crippen LogP contribution in [0.1, 0.15) is 30.9 Å². The van der Waals surface area contributed by atoms with Gasteiger partial charge in [0.1, 0.15) is 4.60 Å². The maximum absolute atomic E-state index is 6.02. The number of hydrogen-bond acceptors (Lipinski definition) is 3. The van der Waals surface area contributed by atoms with Crippen molar-refractivity contribution in [3.8, 4) is 0 Å². The Morgan fingerprint density at radius 3 is 2.86 bits per heavy atom. The van der Waals surface area contributed by atoms with Gasteiger partial charge in [-0.25, -0.2) is 4.98 Å². The normalized spacial score (nSPS) is 12.8. The SMILES string of the molecule is NCCCC[C@H](N)c1ccnc(Br)c1. The van der Waals surface area contributed by atoms with Gasteiger partial charge in [0, 0.05) is 12.2 Å². The molecule has 4 N–H and O–H groups in total. The van der Waals surface area contributed by atoms with Gasteiger partial charge in [0.25, 0.3) is 0 Å². The van der Waals surface area contributed by atoms with Crippen molar-refractivity contribution in [1.82, 2.24) is 4.98 Å². The molecule has 0 radical (unpaired) electrons. The van der Waals surface area contributed by atoms with Gasteiger partial charge in [0.05, 0.1) is 0 Å². The standard InChI is InChI=1S/C10H16BrN3/c11-10-7-8(4-6-14-10)9(13)3-1-2-5-12/h4,6-7,9H,1-3,5,12-13H2/t9-/m0/s1. The first kappa shape index (κ1) is 11.6. The van der Waals surface area contributed by atoms with Crippen LogP contribution in [0, 0.1) is 0 Å². The minimum atomic E-state index is 0.0980. The Balaban J connectivity index is 2.47. The van der Waals surface area contributed by atoms with Crippen molar-refractivity contribution in [2.45, 2.75) is 25.3 Å². The van der Waals surface area contributed by atoms with E-state index in [0.717, 1.165) is 36.0 Å². The van der Waals surface area contributed by atoms with E-state index in [2.05, 4.69) is 20.9 Å². The van der Waals surface area contributed by atoms with Gasteiger partial charge in [-0.2, -0.15) is 0 Å². The molecule has 0 spiro atoms. The molecular weight excluding hydrogens is 242 g/mol. The van der Waals surface area contributed by atoms with Crippen molar-refractivity contribution in [2.24, 2.45) is 11.5 Å². The van der Waals surface area contributed by atoms with Crippen LogP contribution < -0.4 is 11.5 Å². The fourth-order valence-electron chi connectivity index (χ4n) is 1.32. The number of nitrogens with zero attached hydrogens (tertiary/aromatic N) is 1. The monoisotopic (exact) mass is 257 g/mol. The molecule has 1 aromatic heterocycles. The van der Waals surface area contributed by atoms with Gasteiger partial charge in [-0.05, 0) is 53.0 Å². The van der Waals surface area contributed by atoms with E-state index in [1.807, 2.05) is 12.1 Å². The first-order valence-electron chi connectivity index (χ1n) is 4.81. The maximum atomic E-state index is 6.02. The first-order chi connectivity index (χ1) is 6.74. The molecule has 1 heterocycles. The number of rotatable bonds is 5. The summed E-state index contributed by atoms with van der Waals surface area (Å²) in [6, 6.07) is 4.02. The predicted octanol–water partition coefficient (Wildman–Crippen LogP) is 1.97. The van der Waals surface area contributed by atoms with Crippen LogP contribution in [-0.2, 0) is 0 Å². The molecule has 0 amide bonds. The summed E-state index contributed by atoms with van der Waals surface area (Å²) in [4.78, 5) is 4.06. The van der Waals surface area contributed by atoms with Crippen LogP contribution in [0.3, 0.4) is 0 Å². The highest BCUT2D eigenvalue weighted by Crippen LogP contribution is 2.18. The average Bonchev–Trinajstić information content (AvgIpc) is 2.18. The van der Waals surface area contributed by atoms with Gasteiger partial charge < -0.3 is 11.5 Å². The van der Waals surface area contributed by atoms with Gasteiger partial charge in [-0.3, -0.25) is 0 Å². The van der Waals surface area contributed by atoms with Gasteiger partial charge in [0.2, 0.25) is 0 Å². The molecule has 78 valence electrons. The van der Waals surface area contributed by atoms with Gasteiger partial charge in [0.15, 0.2) is 0 Å². The fraction of sp³-hybridized carbons (Fsp3) is 0.500. The maximum Gasteiger partial charge on any atom is 0.106 e. The summed E-state index contributed by atoms with van der Waals surface area (Å²) in [7, 11) is 0. The summed E-state index contributed by atoms with van der Waals surface area (Å²) >= 11 is 3.33. The summed E-state index contributed by atoms with van der Waals surface area (Å²) in [5, 5.41) is 0. The van der Waals surface area contributed by atoms with Crippen LogP contribution in [0.2, 0.25) is 0 Å². The van der Waals surface area contributed by atoms with Crippen LogP contribution in [-0.4, -0.2) is 11.5 Å². The number of unbranched alkanes of at least 4 members (excludes halogenated alkanes) is 1. The first-order valence-corrected chi connectivity index (χ1v) is 5.60. The molecule has 0 fully saturated rings. The van der Waals surface area contributed by atoms with Crippen LogP contribution in [0.15, 0.2) is 22.9 Å². The lowest BCUT2D eigenvalue weighted by Gasteiger charge is -2.11. The molecule has 1 aromatic rings. The Morgan fingerprint density at radius 1 is 1.43 bits per heavy atom. The third kappa shape index (κ3) is 3.74. The molecule has 0 unspecified atom stereocenters. The third-order valence-corrected chi connectivity index (χ3v) is 2.58. The van der Waals surface area contributed by atoms with E-state index in [0.29, 0.717) is 0 Å². The molecule has 0 aliphatic rings. The van der Waals surface area contributed by atoms with E-state index in [1.54, 1.807) is 6.20 Å². The van der Waals surface area contributed by atoms with Crippen molar-refractivity contribution in [1.29, 1.82) is 0 Å². The fourth-order valence-corrected chi connectivity index (χ4v) is 1.71. The Kier molecular flexibility index (Phi) is 5.07. The van der Waals surface area contributed by atoms with Crippen molar-refractivity contribution in [2.75, 3.05) is 6.54 Å². The summed E-state index contributed by atoms with van der Waals surface area (Å²) < 4.78 is 0.837. The van der Waals surface area contributed by atoms with E-state index in [9.17, 15) is 0 Å². The molecule has 4 heteroatoms. The number of pyridine rings is 1. The summed E-state index contributed by atoms with van der Waals surface area (Å²) in [5.74, 6) is 0. The quantitative estimate of drug-likeness (QED) is 0.627. The van der Waals surface area contributed by atoms with Gasteiger partial charge in [-0.1, -0.05) is 6.42 Å². The number of hydrogen-bond donors (Lipinski definition) is 2. The highest BCUT2D eigenvalue weighted by molar-refractivity contribution is 9.10. The van der Waals surface area contributed by atoms with Crippen molar-refractivity contribution in [3.05, 3.63) is 28.5 Å². The topological polar surface area (TPSA) is 64.9 Å². The highest BCUT2D eigenvalue weighted by Gasteiger charge is 2.05.